The lowest BCUT2D eigenvalue weighted by molar-refractivity contribution is 0.0676. The summed E-state index contributed by atoms with van der Waals surface area (Å²) in [6.07, 6.45) is 5.57. The summed E-state index contributed by atoms with van der Waals surface area (Å²) in [6, 6.07) is 5.66. The summed E-state index contributed by atoms with van der Waals surface area (Å²) < 4.78 is 15.1. The molecule has 0 bridgehead atoms. The summed E-state index contributed by atoms with van der Waals surface area (Å²) in [5.41, 5.74) is 1.09. The first kappa shape index (κ1) is 16.0. The van der Waals surface area contributed by atoms with Crippen molar-refractivity contribution in [3.63, 3.8) is 0 Å². The molecule has 1 aromatic heterocycles. The van der Waals surface area contributed by atoms with Crippen LogP contribution in [0.25, 0.3) is 0 Å². The third kappa shape index (κ3) is 3.39. The summed E-state index contributed by atoms with van der Waals surface area (Å²) in [7, 11) is 1.81. The van der Waals surface area contributed by atoms with Gasteiger partial charge in [-0.3, -0.25) is 9.48 Å². The van der Waals surface area contributed by atoms with Crippen molar-refractivity contribution in [3.05, 3.63) is 52.6 Å². The smallest absolute Gasteiger partial charge is 0.254 e. The lowest BCUT2D eigenvalue weighted by Crippen LogP contribution is -2.35. The molecule has 2 heterocycles. The van der Waals surface area contributed by atoms with Crippen molar-refractivity contribution >= 4 is 17.5 Å². The molecule has 1 saturated heterocycles. The third-order valence-corrected chi connectivity index (χ3v) is 4.50. The summed E-state index contributed by atoms with van der Waals surface area (Å²) in [5, 5.41) is 5.00. The van der Waals surface area contributed by atoms with E-state index in [-0.39, 0.29) is 11.9 Å². The van der Waals surface area contributed by atoms with Gasteiger partial charge in [-0.25, -0.2) is 4.39 Å². The van der Waals surface area contributed by atoms with Gasteiger partial charge < -0.3 is 4.90 Å². The summed E-state index contributed by atoms with van der Waals surface area (Å²) >= 11 is 6.29. The zero-order valence-corrected chi connectivity index (χ0v) is 13.8. The quantitative estimate of drug-likeness (QED) is 0.832. The summed E-state index contributed by atoms with van der Waals surface area (Å²) in [4.78, 5) is 14.7. The van der Waals surface area contributed by atoms with Crippen LogP contribution in [0.2, 0.25) is 5.02 Å². The first-order valence-electron chi connectivity index (χ1n) is 7.82. The van der Waals surface area contributed by atoms with E-state index in [9.17, 15) is 9.18 Å². The molecule has 122 valence electrons. The maximum atomic E-state index is 13.5. The van der Waals surface area contributed by atoms with Crippen LogP contribution in [0.4, 0.5) is 4.39 Å². The Morgan fingerprint density at radius 1 is 1.35 bits per heavy atom. The molecule has 0 aliphatic carbocycles. The van der Waals surface area contributed by atoms with Crippen molar-refractivity contribution in [1.29, 1.82) is 0 Å². The highest BCUT2D eigenvalue weighted by Gasteiger charge is 2.30. The zero-order valence-electron chi connectivity index (χ0n) is 13.0. The largest absolute Gasteiger partial charge is 0.330 e. The van der Waals surface area contributed by atoms with Gasteiger partial charge in [-0.1, -0.05) is 30.5 Å². The van der Waals surface area contributed by atoms with Crippen molar-refractivity contribution in [2.75, 3.05) is 6.54 Å². The van der Waals surface area contributed by atoms with Gasteiger partial charge in [-0.15, -0.1) is 0 Å². The van der Waals surface area contributed by atoms with Gasteiger partial charge in [0, 0.05) is 25.4 Å². The molecule has 1 atom stereocenters. The minimum absolute atomic E-state index is 0.165. The number of halogens is 2. The van der Waals surface area contributed by atoms with Crippen LogP contribution in [-0.2, 0) is 7.05 Å². The fraction of sp³-hybridized carbons (Fsp3) is 0.412. The number of hydrogen-bond donors (Lipinski definition) is 0. The highest BCUT2D eigenvalue weighted by atomic mass is 35.5. The molecule has 1 aliphatic heterocycles. The number of aromatic nitrogens is 2. The van der Waals surface area contributed by atoms with Crippen LogP contribution < -0.4 is 0 Å². The Hall–Kier alpha value is -1.88. The first-order valence-corrected chi connectivity index (χ1v) is 8.19. The molecule has 0 radical (unpaired) electrons. The second-order valence-corrected chi connectivity index (χ2v) is 6.32. The molecule has 2 aromatic rings. The Morgan fingerprint density at radius 3 is 2.87 bits per heavy atom. The molecule has 0 unspecified atom stereocenters. The van der Waals surface area contributed by atoms with Crippen molar-refractivity contribution in [2.45, 2.75) is 31.7 Å². The number of hydrogen-bond acceptors (Lipinski definition) is 2. The van der Waals surface area contributed by atoms with Gasteiger partial charge in [0.2, 0.25) is 0 Å². The van der Waals surface area contributed by atoms with E-state index < -0.39 is 5.82 Å². The van der Waals surface area contributed by atoms with Gasteiger partial charge in [0.05, 0.1) is 11.1 Å². The minimum atomic E-state index is -0.405. The van der Waals surface area contributed by atoms with Crippen LogP contribution in [-0.4, -0.2) is 27.1 Å². The highest BCUT2D eigenvalue weighted by molar-refractivity contribution is 6.31. The molecule has 0 spiro atoms. The predicted molar refractivity (Wildman–Crippen MR) is 86.9 cm³/mol. The number of benzene rings is 1. The molecular weight excluding hydrogens is 317 g/mol. The zero-order chi connectivity index (χ0) is 16.4. The number of rotatable bonds is 2. The van der Waals surface area contributed by atoms with E-state index in [0.717, 1.165) is 31.4 Å². The standard InChI is InChI=1S/C17H19ClFN3O/c1-21-11-14(18)16(20-21)15-8-3-2-4-9-22(15)17(23)12-6-5-7-13(19)10-12/h5-7,10-11,15H,2-4,8-9H2,1H3/t15-/m0/s1. The van der Waals surface area contributed by atoms with E-state index in [0.29, 0.717) is 17.1 Å². The first-order chi connectivity index (χ1) is 11.1. The van der Waals surface area contributed by atoms with Gasteiger partial charge in [-0.05, 0) is 31.0 Å². The van der Waals surface area contributed by atoms with Gasteiger partial charge >= 0.3 is 0 Å². The maximum Gasteiger partial charge on any atom is 0.254 e. The van der Waals surface area contributed by atoms with E-state index in [1.54, 1.807) is 27.9 Å². The van der Waals surface area contributed by atoms with Crippen LogP contribution in [0.1, 0.15) is 47.8 Å². The molecule has 23 heavy (non-hydrogen) atoms. The van der Waals surface area contributed by atoms with Crippen LogP contribution in [0.3, 0.4) is 0 Å². The molecule has 0 saturated carbocycles. The van der Waals surface area contributed by atoms with E-state index in [1.807, 2.05) is 7.05 Å². The average Bonchev–Trinajstić information content (AvgIpc) is 2.74. The number of likely N-dealkylation sites (tertiary alicyclic amines) is 1. The maximum absolute atomic E-state index is 13.5. The van der Waals surface area contributed by atoms with Crippen molar-refractivity contribution in [1.82, 2.24) is 14.7 Å². The van der Waals surface area contributed by atoms with Gasteiger partial charge in [0.1, 0.15) is 11.5 Å². The molecular formula is C17H19ClFN3O. The average molecular weight is 336 g/mol. The fourth-order valence-corrected chi connectivity index (χ4v) is 3.43. The number of carbonyl (C=O) groups is 1. The molecule has 1 amide bonds. The summed E-state index contributed by atoms with van der Waals surface area (Å²) in [5.74, 6) is -0.573. The number of carbonyl (C=O) groups excluding carboxylic acids is 1. The van der Waals surface area contributed by atoms with E-state index in [1.165, 1.54) is 12.1 Å². The van der Waals surface area contributed by atoms with Crippen LogP contribution in [0, 0.1) is 5.82 Å². The van der Waals surface area contributed by atoms with E-state index in [4.69, 9.17) is 11.6 Å². The van der Waals surface area contributed by atoms with Gasteiger partial charge in [0.25, 0.3) is 5.91 Å². The molecule has 1 aromatic carbocycles. The molecule has 0 N–H and O–H groups in total. The number of aryl methyl sites for hydroxylation is 1. The summed E-state index contributed by atoms with van der Waals surface area (Å²) in [6.45, 7) is 0.632. The molecule has 4 nitrogen and oxygen atoms in total. The van der Waals surface area contributed by atoms with Crippen LogP contribution >= 0.6 is 11.6 Å². The van der Waals surface area contributed by atoms with Gasteiger partial charge in [0.15, 0.2) is 0 Å². The Balaban J connectivity index is 1.95. The minimum Gasteiger partial charge on any atom is -0.330 e. The van der Waals surface area contributed by atoms with Crippen molar-refractivity contribution < 1.29 is 9.18 Å². The monoisotopic (exact) mass is 335 g/mol. The van der Waals surface area contributed by atoms with E-state index >= 15 is 0 Å². The Morgan fingerprint density at radius 2 is 2.17 bits per heavy atom. The Bertz CT molecular complexity index is 716. The second-order valence-electron chi connectivity index (χ2n) is 5.91. The topological polar surface area (TPSA) is 38.1 Å². The Labute approximate surface area is 139 Å². The predicted octanol–water partition coefficient (Wildman–Crippen LogP) is 3.97. The molecule has 1 fully saturated rings. The SMILES string of the molecule is Cn1cc(Cl)c([C@@H]2CCCCCN2C(=O)c2cccc(F)c2)n1. The molecule has 3 rings (SSSR count). The third-order valence-electron chi connectivity index (χ3n) is 4.21. The van der Waals surface area contributed by atoms with Gasteiger partial charge in [-0.2, -0.15) is 5.10 Å². The highest BCUT2D eigenvalue weighted by Crippen LogP contribution is 2.34. The van der Waals surface area contributed by atoms with Crippen LogP contribution in [0.5, 0.6) is 0 Å². The number of amides is 1. The molecule has 1 aliphatic rings. The lowest BCUT2D eigenvalue weighted by Gasteiger charge is -2.29. The Kier molecular flexibility index (Phi) is 4.66. The molecule has 6 heteroatoms. The lowest BCUT2D eigenvalue weighted by atomic mass is 10.1. The normalized spacial score (nSPS) is 18.7. The van der Waals surface area contributed by atoms with Crippen molar-refractivity contribution in [3.8, 4) is 0 Å². The number of nitrogens with zero attached hydrogens (tertiary/aromatic N) is 3. The van der Waals surface area contributed by atoms with Crippen molar-refractivity contribution in [2.24, 2.45) is 7.05 Å². The van der Waals surface area contributed by atoms with Crippen LogP contribution in [0.15, 0.2) is 30.5 Å². The second kappa shape index (κ2) is 6.71. The fourth-order valence-electron chi connectivity index (χ4n) is 3.13. The van der Waals surface area contributed by atoms with E-state index in [2.05, 4.69) is 5.10 Å².